The van der Waals surface area contributed by atoms with E-state index in [1.165, 1.54) is 19.3 Å². The predicted octanol–water partition coefficient (Wildman–Crippen LogP) is 2.78. The number of nitrogen functional groups attached to an aromatic ring is 1. The fraction of sp³-hybridized carbons (Fsp3) is 0.625. The lowest BCUT2D eigenvalue weighted by molar-refractivity contribution is -0.0167. The number of carbonyl (C=O) groups is 1. The van der Waals surface area contributed by atoms with Crippen LogP contribution in [0.1, 0.15) is 49.0 Å². The quantitative estimate of drug-likeness (QED) is 0.883. The van der Waals surface area contributed by atoms with Crippen molar-refractivity contribution in [3.63, 3.8) is 0 Å². The van der Waals surface area contributed by atoms with Gasteiger partial charge in [-0.1, -0.05) is 6.07 Å². The summed E-state index contributed by atoms with van der Waals surface area (Å²) in [5.74, 6) is 2.84. The number of nitrogens with one attached hydrogen (secondary N) is 1. The number of amides is 1. The van der Waals surface area contributed by atoms with Crippen LogP contribution in [0, 0.1) is 17.8 Å². The normalized spacial score (nSPS) is 36.1. The van der Waals surface area contributed by atoms with Gasteiger partial charge in [-0.25, -0.2) is 4.98 Å². The molecule has 1 heterocycles. The van der Waals surface area contributed by atoms with Crippen LogP contribution in [0.15, 0.2) is 18.2 Å². The minimum absolute atomic E-state index is 0. The molecule has 1 aromatic heterocycles. The Morgan fingerprint density at radius 3 is 2.24 bits per heavy atom. The molecule has 0 radical (unpaired) electrons. The minimum Gasteiger partial charge on any atom is -0.384 e. The molecule has 1 aromatic rings. The second-order valence-electron chi connectivity index (χ2n) is 7.10. The molecule has 21 heavy (non-hydrogen) atoms. The molecule has 4 aliphatic rings. The lowest BCUT2D eigenvalue weighted by atomic mass is 9.53. The number of rotatable bonds is 2. The first-order valence-electron chi connectivity index (χ1n) is 7.67. The molecule has 4 aliphatic carbocycles. The second-order valence-corrected chi connectivity index (χ2v) is 7.10. The van der Waals surface area contributed by atoms with Gasteiger partial charge in [0.1, 0.15) is 11.5 Å². The Morgan fingerprint density at radius 1 is 1.14 bits per heavy atom. The van der Waals surface area contributed by atoms with Gasteiger partial charge in [-0.15, -0.1) is 12.4 Å². The van der Waals surface area contributed by atoms with Crippen LogP contribution >= 0.6 is 12.4 Å². The van der Waals surface area contributed by atoms with Crippen LogP contribution < -0.4 is 11.1 Å². The Morgan fingerprint density at radius 2 is 1.71 bits per heavy atom. The summed E-state index contributed by atoms with van der Waals surface area (Å²) in [6, 6.07) is 5.24. The molecular formula is C16H22ClN3O. The molecule has 114 valence electrons. The SMILES string of the molecule is Cl.Nc1cccc(C(=O)NC23CC4CC(CC(C4)C2)C3)n1. The number of aromatic nitrogens is 1. The largest absolute Gasteiger partial charge is 0.384 e. The van der Waals surface area contributed by atoms with Crippen molar-refractivity contribution in [1.29, 1.82) is 0 Å². The average molecular weight is 308 g/mol. The van der Waals surface area contributed by atoms with Crippen LogP contribution in [0.4, 0.5) is 5.82 Å². The molecule has 5 heteroatoms. The molecule has 0 aliphatic heterocycles. The zero-order valence-corrected chi connectivity index (χ0v) is 12.9. The number of nitrogens with two attached hydrogens (primary N) is 1. The Labute approximate surface area is 131 Å². The maximum absolute atomic E-state index is 12.5. The molecule has 0 spiro atoms. The van der Waals surface area contributed by atoms with Gasteiger partial charge in [-0.2, -0.15) is 0 Å². The van der Waals surface area contributed by atoms with Gasteiger partial charge in [0.25, 0.3) is 5.91 Å². The maximum Gasteiger partial charge on any atom is 0.270 e. The highest BCUT2D eigenvalue weighted by molar-refractivity contribution is 5.93. The van der Waals surface area contributed by atoms with E-state index in [0.717, 1.165) is 37.0 Å². The number of anilines is 1. The van der Waals surface area contributed by atoms with Gasteiger partial charge in [0.15, 0.2) is 0 Å². The second kappa shape index (κ2) is 5.16. The number of pyridine rings is 1. The van der Waals surface area contributed by atoms with E-state index in [9.17, 15) is 4.79 Å². The predicted molar refractivity (Wildman–Crippen MR) is 84.3 cm³/mol. The lowest BCUT2D eigenvalue weighted by Gasteiger charge is -2.56. The highest BCUT2D eigenvalue weighted by Gasteiger charge is 2.51. The summed E-state index contributed by atoms with van der Waals surface area (Å²) in [5.41, 5.74) is 6.15. The number of halogens is 1. The molecule has 4 bridgehead atoms. The van der Waals surface area contributed by atoms with Crippen molar-refractivity contribution in [3.8, 4) is 0 Å². The van der Waals surface area contributed by atoms with Crippen molar-refractivity contribution < 1.29 is 4.79 Å². The molecule has 0 saturated heterocycles. The van der Waals surface area contributed by atoms with Crippen LogP contribution in [0.5, 0.6) is 0 Å². The molecule has 0 aromatic carbocycles. The van der Waals surface area contributed by atoms with Crippen LogP contribution in [-0.2, 0) is 0 Å². The van der Waals surface area contributed by atoms with Gasteiger partial charge in [-0.3, -0.25) is 4.79 Å². The van der Waals surface area contributed by atoms with E-state index in [-0.39, 0.29) is 23.9 Å². The van der Waals surface area contributed by atoms with Gasteiger partial charge in [0.2, 0.25) is 0 Å². The van der Waals surface area contributed by atoms with Gasteiger partial charge in [0, 0.05) is 5.54 Å². The fourth-order valence-corrected chi connectivity index (χ4v) is 5.15. The van der Waals surface area contributed by atoms with Gasteiger partial charge in [-0.05, 0) is 68.4 Å². The van der Waals surface area contributed by atoms with E-state index in [2.05, 4.69) is 10.3 Å². The van der Waals surface area contributed by atoms with Crippen molar-refractivity contribution in [2.24, 2.45) is 17.8 Å². The van der Waals surface area contributed by atoms with Crippen LogP contribution in [0.3, 0.4) is 0 Å². The summed E-state index contributed by atoms with van der Waals surface area (Å²) >= 11 is 0. The van der Waals surface area contributed by atoms with Gasteiger partial charge < -0.3 is 11.1 Å². The molecule has 4 fully saturated rings. The topological polar surface area (TPSA) is 68.0 Å². The number of carbonyl (C=O) groups excluding carboxylic acids is 1. The third-order valence-corrected chi connectivity index (χ3v) is 5.42. The third-order valence-electron chi connectivity index (χ3n) is 5.42. The van der Waals surface area contributed by atoms with E-state index < -0.39 is 0 Å². The fourth-order valence-electron chi connectivity index (χ4n) is 5.15. The van der Waals surface area contributed by atoms with Crippen molar-refractivity contribution in [2.45, 2.75) is 44.1 Å². The lowest BCUT2D eigenvalue weighted by Crippen LogP contribution is -2.59. The van der Waals surface area contributed by atoms with E-state index in [4.69, 9.17) is 5.73 Å². The smallest absolute Gasteiger partial charge is 0.270 e. The summed E-state index contributed by atoms with van der Waals surface area (Å²) < 4.78 is 0. The minimum atomic E-state index is -0.0562. The highest BCUT2D eigenvalue weighted by atomic mass is 35.5. The van der Waals surface area contributed by atoms with Gasteiger partial charge in [0.05, 0.1) is 0 Å². The van der Waals surface area contributed by atoms with E-state index in [0.29, 0.717) is 11.5 Å². The molecule has 5 rings (SSSR count). The number of hydrogen-bond acceptors (Lipinski definition) is 3. The Hall–Kier alpha value is -1.29. The zero-order chi connectivity index (χ0) is 13.7. The molecule has 3 N–H and O–H groups in total. The summed E-state index contributed by atoms with van der Waals surface area (Å²) in [6.45, 7) is 0. The van der Waals surface area contributed by atoms with Crippen molar-refractivity contribution in [2.75, 3.05) is 5.73 Å². The number of nitrogens with zero attached hydrogens (tertiary/aromatic N) is 1. The standard InChI is InChI=1S/C16H21N3O.ClH/c17-14-3-1-2-13(18-14)15(20)19-16-7-10-4-11(8-16)6-12(5-10)9-16;/h1-3,10-12H,4-9H2,(H2,17,18)(H,19,20);1H. The molecule has 0 unspecified atom stereocenters. The Balaban J connectivity index is 0.00000132. The molecule has 4 nitrogen and oxygen atoms in total. The van der Waals surface area contributed by atoms with Crippen LogP contribution in [-0.4, -0.2) is 16.4 Å². The zero-order valence-electron chi connectivity index (χ0n) is 12.0. The van der Waals surface area contributed by atoms with Crippen LogP contribution in [0.2, 0.25) is 0 Å². The first kappa shape index (κ1) is 14.6. The third kappa shape index (κ3) is 2.61. The Bertz CT molecular complexity index is 525. The number of hydrogen-bond donors (Lipinski definition) is 2. The summed E-state index contributed by atoms with van der Waals surface area (Å²) in [6.07, 6.45) is 7.62. The summed E-state index contributed by atoms with van der Waals surface area (Å²) in [7, 11) is 0. The molecule has 4 saturated carbocycles. The molecule has 0 atom stereocenters. The van der Waals surface area contributed by atoms with E-state index >= 15 is 0 Å². The Kier molecular flexibility index (Phi) is 3.60. The summed E-state index contributed by atoms with van der Waals surface area (Å²) in [5, 5.41) is 3.31. The van der Waals surface area contributed by atoms with Crippen molar-refractivity contribution >= 4 is 24.1 Å². The monoisotopic (exact) mass is 307 g/mol. The van der Waals surface area contributed by atoms with Crippen LogP contribution in [0.25, 0.3) is 0 Å². The van der Waals surface area contributed by atoms with Gasteiger partial charge >= 0.3 is 0 Å². The maximum atomic E-state index is 12.5. The summed E-state index contributed by atoms with van der Waals surface area (Å²) in [4.78, 5) is 16.6. The van der Waals surface area contributed by atoms with Crippen molar-refractivity contribution in [1.82, 2.24) is 10.3 Å². The molecule has 1 amide bonds. The van der Waals surface area contributed by atoms with E-state index in [1.54, 1.807) is 18.2 Å². The molecular weight excluding hydrogens is 286 g/mol. The highest BCUT2D eigenvalue weighted by Crippen LogP contribution is 2.55. The van der Waals surface area contributed by atoms with E-state index in [1.807, 2.05) is 0 Å². The van der Waals surface area contributed by atoms with Crippen molar-refractivity contribution in [3.05, 3.63) is 23.9 Å². The first-order chi connectivity index (χ1) is 9.62. The average Bonchev–Trinajstić information content (AvgIpc) is 2.36. The first-order valence-corrected chi connectivity index (χ1v) is 7.67.